The highest BCUT2D eigenvalue weighted by Crippen LogP contribution is 2.40. The van der Waals surface area contributed by atoms with E-state index in [4.69, 9.17) is 4.74 Å². The van der Waals surface area contributed by atoms with Crippen LogP contribution in [0, 0.1) is 5.82 Å². The molecule has 26 heavy (non-hydrogen) atoms. The van der Waals surface area contributed by atoms with Crippen molar-refractivity contribution < 1.29 is 13.9 Å². The maximum absolute atomic E-state index is 13.8. The molecule has 0 aliphatic carbocycles. The predicted octanol–water partition coefficient (Wildman–Crippen LogP) is 3.03. The molecule has 2 heterocycles. The molecule has 1 aromatic carbocycles. The smallest absolute Gasteiger partial charge is 0.336 e. The quantitative estimate of drug-likeness (QED) is 0.485. The third-order valence-electron chi connectivity index (χ3n) is 4.09. The number of aromatic nitrogens is 2. The molecule has 0 radical (unpaired) electrons. The number of carbonyl (C=O) groups is 1. The number of nitrogens with zero attached hydrogens (tertiary/aromatic N) is 1. The highest BCUT2D eigenvalue weighted by molar-refractivity contribution is 7.98. The molecule has 2 aromatic rings. The Bertz CT molecular complexity index is 955. The van der Waals surface area contributed by atoms with Gasteiger partial charge in [0, 0.05) is 5.70 Å². The van der Waals surface area contributed by atoms with Crippen LogP contribution in [-0.2, 0) is 9.53 Å². The third-order valence-corrected chi connectivity index (χ3v) is 4.67. The van der Waals surface area contributed by atoms with Crippen LogP contribution in [0.5, 0.6) is 0 Å². The standard InChI is InChI=1S/C18H18FN3O3S/c1-4-25-17(24)12-9(2)20-15-14(16(23)22-18(21-15)26-3)13(12)10-6-5-7-11(19)8-10/h5-8,13H,4H2,1-3H3,(H2,20,21,22,23). The summed E-state index contributed by atoms with van der Waals surface area (Å²) in [6.07, 6.45) is 1.80. The van der Waals surface area contributed by atoms with E-state index in [0.717, 1.165) is 0 Å². The fourth-order valence-corrected chi connectivity index (χ4v) is 3.40. The number of esters is 1. The first-order chi connectivity index (χ1) is 12.5. The molecule has 1 atom stereocenters. The molecule has 0 saturated heterocycles. The number of carbonyl (C=O) groups excluding carboxylic acids is 1. The molecule has 0 amide bonds. The van der Waals surface area contributed by atoms with E-state index in [-0.39, 0.29) is 23.3 Å². The van der Waals surface area contributed by atoms with Crippen LogP contribution >= 0.6 is 11.8 Å². The van der Waals surface area contributed by atoms with Crippen molar-refractivity contribution in [3.63, 3.8) is 0 Å². The maximum Gasteiger partial charge on any atom is 0.336 e. The van der Waals surface area contributed by atoms with Gasteiger partial charge in [-0.1, -0.05) is 23.9 Å². The third kappa shape index (κ3) is 3.24. The lowest BCUT2D eigenvalue weighted by Gasteiger charge is -2.28. The minimum absolute atomic E-state index is 0.193. The van der Waals surface area contributed by atoms with Gasteiger partial charge in [0.2, 0.25) is 0 Å². The molecule has 136 valence electrons. The molecule has 1 aromatic heterocycles. The van der Waals surface area contributed by atoms with Crippen molar-refractivity contribution in [1.29, 1.82) is 0 Å². The summed E-state index contributed by atoms with van der Waals surface area (Å²) in [5.41, 5.74) is 1.17. The van der Waals surface area contributed by atoms with E-state index in [1.54, 1.807) is 32.2 Å². The van der Waals surface area contributed by atoms with E-state index >= 15 is 0 Å². The summed E-state index contributed by atoms with van der Waals surface area (Å²) in [5.74, 6) is -1.41. The lowest BCUT2D eigenvalue weighted by molar-refractivity contribution is -0.138. The maximum atomic E-state index is 13.8. The summed E-state index contributed by atoms with van der Waals surface area (Å²) in [6, 6.07) is 5.85. The first kappa shape index (κ1) is 18.2. The second-order valence-electron chi connectivity index (χ2n) is 5.71. The number of benzene rings is 1. The van der Waals surface area contributed by atoms with Crippen LogP contribution in [0.4, 0.5) is 10.2 Å². The molecule has 3 rings (SSSR count). The predicted molar refractivity (Wildman–Crippen MR) is 97.8 cm³/mol. The Kier molecular flexibility index (Phi) is 5.13. The topological polar surface area (TPSA) is 84.1 Å². The zero-order valence-corrected chi connectivity index (χ0v) is 15.4. The fraction of sp³-hybridized carbons (Fsp3) is 0.278. The Morgan fingerprint density at radius 2 is 2.19 bits per heavy atom. The summed E-state index contributed by atoms with van der Waals surface area (Å²) in [7, 11) is 0. The number of thioether (sulfide) groups is 1. The van der Waals surface area contributed by atoms with Gasteiger partial charge in [0.1, 0.15) is 11.6 Å². The number of rotatable bonds is 4. The Morgan fingerprint density at radius 1 is 1.42 bits per heavy atom. The van der Waals surface area contributed by atoms with E-state index < -0.39 is 17.7 Å². The van der Waals surface area contributed by atoms with Crippen LogP contribution in [0.1, 0.15) is 30.9 Å². The van der Waals surface area contributed by atoms with Gasteiger partial charge in [0.15, 0.2) is 5.16 Å². The van der Waals surface area contributed by atoms with Crippen molar-refractivity contribution >= 4 is 23.5 Å². The Labute approximate surface area is 153 Å². The minimum atomic E-state index is -0.770. The highest BCUT2D eigenvalue weighted by Gasteiger charge is 2.36. The normalized spacial score (nSPS) is 16.1. The van der Waals surface area contributed by atoms with Gasteiger partial charge in [-0.2, -0.15) is 0 Å². The summed E-state index contributed by atoms with van der Waals surface area (Å²) < 4.78 is 19.0. The van der Waals surface area contributed by atoms with Crippen molar-refractivity contribution in [3.05, 3.63) is 62.8 Å². The fourth-order valence-electron chi connectivity index (χ4n) is 3.03. The van der Waals surface area contributed by atoms with Gasteiger partial charge in [0.05, 0.1) is 23.7 Å². The van der Waals surface area contributed by atoms with Gasteiger partial charge in [-0.15, -0.1) is 0 Å². The van der Waals surface area contributed by atoms with E-state index in [1.807, 2.05) is 0 Å². The molecular weight excluding hydrogens is 357 g/mol. The van der Waals surface area contributed by atoms with Crippen molar-refractivity contribution in [1.82, 2.24) is 9.97 Å². The zero-order valence-electron chi connectivity index (χ0n) is 14.6. The minimum Gasteiger partial charge on any atom is -0.463 e. The summed E-state index contributed by atoms with van der Waals surface area (Å²) in [5, 5.41) is 3.47. The lowest BCUT2D eigenvalue weighted by Crippen LogP contribution is -2.31. The van der Waals surface area contributed by atoms with Crippen molar-refractivity contribution in [2.75, 3.05) is 18.2 Å². The molecule has 0 bridgehead atoms. The number of fused-ring (bicyclic) bond motifs is 1. The molecule has 1 aliphatic heterocycles. The number of hydrogen-bond acceptors (Lipinski definition) is 6. The second kappa shape index (κ2) is 7.33. The van der Waals surface area contributed by atoms with Crippen LogP contribution in [-0.4, -0.2) is 28.8 Å². The second-order valence-corrected chi connectivity index (χ2v) is 6.50. The number of halogens is 1. The molecule has 1 unspecified atom stereocenters. The van der Waals surface area contributed by atoms with Crippen LogP contribution < -0.4 is 10.9 Å². The number of nitrogens with one attached hydrogen (secondary N) is 2. The highest BCUT2D eigenvalue weighted by atomic mass is 32.2. The summed E-state index contributed by atoms with van der Waals surface area (Å²) in [4.78, 5) is 32.4. The average molecular weight is 375 g/mol. The van der Waals surface area contributed by atoms with Gasteiger partial charge in [-0.3, -0.25) is 4.79 Å². The zero-order chi connectivity index (χ0) is 18.8. The molecule has 2 N–H and O–H groups in total. The Morgan fingerprint density at radius 3 is 2.85 bits per heavy atom. The number of allylic oxidation sites excluding steroid dienone is 1. The number of H-pyrrole nitrogens is 1. The van der Waals surface area contributed by atoms with Crippen molar-refractivity contribution in [2.24, 2.45) is 0 Å². The molecule has 6 nitrogen and oxygen atoms in total. The Balaban J connectivity index is 2.27. The molecule has 0 fully saturated rings. The van der Waals surface area contributed by atoms with Crippen LogP contribution in [0.15, 0.2) is 45.5 Å². The van der Waals surface area contributed by atoms with E-state index in [1.165, 1.54) is 23.9 Å². The van der Waals surface area contributed by atoms with Gasteiger partial charge >= 0.3 is 5.97 Å². The van der Waals surface area contributed by atoms with E-state index in [0.29, 0.717) is 22.2 Å². The number of hydrogen-bond donors (Lipinski definition) is 2. The van der Waals surface area contributed by atoms with E-state index in [2.05, 4.69) is 15.3 Å². The van der Waals surface area contributed by atoms with Crippen LogP contribution in [0.3, 0.4) is 0 Å². The average Bonchev–Trinajstić information content (AvgIpc) is 2.60. The molecule has 0 spiro atoms. The number of aromatic amines is 1. The number of ether oxygens (including phenoxy) is 1. The van der Waals surface area contributed by atoms with Gasteiger partial charge in [-0.05, 0) is 37.8 Å². The lowest BCUT2D eigenvalue weighted by atomic mass is 9.82. The SMILES string of the molecule is CCOC(=O)C1=C(C)Nc2nc(SC)[nH]c(=O)c2C1c1cccc(F)c1. The van der Waals surface area contributed by atoms with Gasteiger partial charge in [-0.25, -0.2) is 14.2 Å². The first-order valence-electron chi connectivity index (χ1n) is 8.04. The monoisotopic (exact) mass is 375 g/mol. The van der Waals surface area contributed by atoms with Crippen molar-refractivity contribution in [3.8, 4) is 0 Å². The van der Waals surface area contributed by atoms with Gasteiger partial charge < -0.3 is 15.0 Å². The molecular formula is C18H18FN3O3S. The summed E-state index contributed by atoms with van der Waals surface area (Å²) in [6.45, 7) is 3.61. The number of anilines is 1. The molecule has 1 aliphatic rings. The molecule has 8 heteroatoms. The van der Waals surface area contributed by atoms with Crippen molar-refractivity contribution in [2.45, 2.75) is 24.9 Å². The van der Waals surface area contributed by atoms with E-state index in [9.17, 15) is 14.0 Å². The first-order valence-corrected chi connectivity index (χ1v) is 9.27. The largest absolute Gasteiger partial charge is 0.463 e. The summed E-state index contributed by atoms with van der Waals surface area (Å²) >= 11 is 1.30. The van der Waals surface area contributed by atoms with Crippen LogP contribution in [0.25, 0.3) is 0 Å². The van der Waals surface area contributed by atoms with Crippen LogP contribution in [0.2, 0.25) is 0 Å². The Hall–Kier alpha value is -2.61. The van der Waals surface area contributed by atoms with Gasteiger partial charge in [0.25, 0.3) is 5.56 Å². The molecule has 0 saturated carbocycles.